The van der Waals surface area contributed by atoms with Crippen LogP contribution in [-0.4, -0.2) is 9.78 Å². The molecule has 0 N–H and O–H groups in total. The van der Waals surface area contributed by atoms with Gasteiger partial charge in [0.15, 0.2) is 0 Å². The smallest absolute Gasteiger partial charge is 0.136 e. The molecule has 2 nitrogen and oxygen atoms in total. The number of para-hydroxylation sites is 1. The van der Waals surface area contributed by atoms with Gasteiger partial charge in [-0.3, -0.25) is 0 Å². The summed E-state index contributed by atoms with van der Waals surface area (Å²) in [7, 11) is 0. The van der Waals surface area contributed by atoms with E-state index in [-0.39, 0.29) is 0 Å². The zero-order valence-electron chi connectivity index (χ0n) is 10.6. The van der Waals surface area contributed by atoms with Crippen LogP contribution in [0, 0.1) is 6.92 Å². The average Bonchev–Trinajstić information content (AvgIpc) is 2.56. The predicted molar refractivity (Wildman–Crippen MR) is 74.6 cm³/mol. The summed E-state index contributed by atoms with van der Waals surface area (Å²) in [5, 5.41) is 5.53. The molecule has 3 rings (SSSR count). The second-order valence-electron chi connectivity index (χ2n) is 4.98. The van der Waals surface area contributed by atoms with Gasteiger partial charge in [-0.1, -0.05) is 36.2 Å². The Balaban J connectivity index is 2.12. The van der Waals surface area contributed by atoms with Crippen molar-refractivity contribution in [2.45, 2.75) is 39.0 Å². The van der Waals surface area contributed by atoms with Gasteiger partial charge in [0, 0.05) is 5.56 Å². The summed E-state index contributed by atoms with van der Waals surface area (Å²) < 4.78 is 1.91. The minimum Gasteiger partial charge on any atom is -0.221 e. The van der Waals surface area contributed by atoms with E-state index in [1.54, 1.807) is 0 Å². The van der Waals surface area contributed by atoms with Crippen molar-refractivity contribution in [3.8, 4) is 5.69 Å². The first-order chi connectivity index (χ1) is 8.77. The second-order valence-corrected chi connectivity index (χ2v) is 5.33. The molecule has 2 aromatic rings. The molecule has 0 unspecified atom stereocenters. The monoisotopic (exact) mass is 260 g/mol. The van der Waals surface area contributed by atoms with Crippen molar-refractivity contribution >= 4 is 11.6 Å². The highest BCUT2D eigenvalue weighted by molar-refractivity contribution is 6.30. The molecule has 18 heavy (non-hydrogen) atoms. The van der Waals surface area contributed by atoms with E-state index in [9.17, 15) is 0 Å². The molecule has 0 saturated carbocycles. The van der Waals surface area contributed by atoms with Crippen molar-refractivity contribution in [1.82, 2.24) is 9.78 Å². The van der Waals surface area contributed by atoms with Crippen LogP contribution in [0.5, 0.6) is 0 Å². The van der Waals surface area contributed by atoms with Crippen LogP contribution in [0.2, 0.25) is 5.15 Å². The first-order valence-corrected chi connectivity index (χ1v) is 6.97. The summed E-state index contributed by atoms with van der Waals surface area (Å²) in [4.78, 5) is 0. The number of benzene rings is 1. The van der Waals surface area contributed by atoms with Gasteiger partial charge in [-0.25, -0.2) is 4.68 Å². The fraction of sp³-hybridized carbons (Fsp3) is 0.400. The minimum absolute atomic E-state index is 0.807. The van der Waals surface area contributed by atoms with Crippen LogP contribution in [0.15, 0.2) is 24.3 Å². The third-order valence-corrected chi connectivity index (χ3v) is 4.08. The van der Waals surface area contributed by atoms with E-state index in [0.29, 0.717) is 0 Å². The van der Waals surface area contributed by atoms with E-state index in [0.717, 1.165) is 23.7 Å². The number of aromatic nitrogens is 2. The Morgan fingerprint density at radius 1 is 1.11 bits per heavy atom. The van der Waals surface area contributed by atoms with Crippen LogP contribution in [-0.2, 0) is 12.8 Å². The van der Waals surface area contributed by atoms with Crippen LogP contribution in [0.25, 0.3) is 5.69 Å². The van der Waals surface area contributed by atoms with Crippen molar-refractivity contribution in [2.24, 2.45) is 0 Å². The van der Waals surface area contributed by atoms with E-state index >= 15 is 0 Å². The van der Waals surface area contributed by atoms with Gasteiger partial charge in [-0.05, 0) is 44.2 Å². The molecule has 1 aromatic carbocycles. The van der Waals surface area contributed by atoms with Crippen LogP contribution in [0.4, 0.5) is 0 Å². The minimum atomic E-state index is 0.807. The molecule has 1 aliphatic rings. The summed E-state index contributed by atoms with van der Waals surface area (Å²) in [5.41, 5.74) is 4.76. The van der Waals surface area contributed by atoms with Gasteiger partial charge in [-0.2, -0.15) is 5.10 Å². The Morgan fingerprint density at radius 3 is 2.72 bits per heavy atom. The third-order valence-electron chi connectivity index (χ3n) is 3.69. The normalized spacial score (nSPS) is 15.2. The molecule has 94 valence electrons. The fourth-order valence-electron chi connectivity index (χ4n) is 2.65. The van der Waals surface area contributed by atoms with Crippen molar-refractivity contribution in [3.05, 3.63) is 46.2 Å². The van der Waals surface area contributed by atoms with Gasteiger partial charge >= 0.3 is 0 Å². The van der Waals surface area contributed by atoms with Crippen molar-refractivity contribution < 1.29 is 0 Å². The Morgan fingerprint density at radius 2 is 1.89 bits per heavy atom. The maximum absolute atomic E-state index is 6.52. The summed E-state index contributed by atoms with van der Waals surface area (Å²) in [6.45, 7) is 2.10. The van der Waals surface area contributed by atoms with Gasteiger partial charge in [0.25, 0.3) is 0 Å². The lowest BCUT2D eigenvalue weighted by atomic mass is 10.1. The Bertz CT molecular complexity index is 572. The molecule has 1 aliphatic carbocycles. The first-order valence-electron chi connectivity index (χ1n) is 6.59. The zero-order chi connectivity index (χ0) is 12.5. The second kappa shape index (κ2) is 4.77. The van der Waals surface area contributed by atoms with Gasteiger partial charge in [-0.15, -0.1) is 0 Å². The number of hydrogen-bond donors (Lipinski definition) is 0. The van der Waals surface area contributed by atoms with Crippen molar-refractivity contribution in [3.63, 3.8) is 0 Å². The number of hydrogen-bond acceptors (Lipinski definition) is 1. The largest absolute Gasteiger partial charge is 0.221 e. The number of aryl methyl sites for hydroxylation is 2. The topological polar surface area (TPSA) is 17.8 Å². The van der Waals surface area contributed by atoms with Crippen molar-refractivity contribution in [1.29, 1.82) is 0 Å². The van der Waals surface area contributed by atoms with E-state index in [1.807, 2.05) is 16.8 Å². The molecule has 0 radical (unpaired) electrons. The third kappa shape index (κ3) is 1.95. The quantitative estimate of drug-likeness (QED) is 0.706. The molecule has 1 aromatic heterocycles. The Hall–Kier alpha value is -1.28. The number of halogens is 1. The molecule has 0 spiro atoms. The van der Waals surface area contributed by atoms with Gasteiger partial charge < -0.3 is 0 Å². The molecule has 0 amide bonds. The number of rotatable bonds is 1. The summed E-state index contributed by atoms with van der Waals surface area (Å²) in [6, 6.07) is 8.25. The molecule has 1 heterocycles. The number of nitrogens with zero attached hydrogens (tertiary/aromatic N) is 2. The summed E-state index contributed by atoms with van der Waals surface area (Å²) in [5.74, 6) is 0. The van der Waals surface area contributed by atoms with Gasteiger partial charge in [0.05, 0.1) is 11.4 Å². The van der Waals surface area contributed by atoms with Crippen LogP contribution in [0.3, 0.4) is 0 Å². The van der Waals surface area contributed by atoms with Crippen LogP contribution in [0.1, 0.15) is 36.1 Å². The zero-order valence-corrected chi connectivity index (χ0v) is 11.4. The highest BCUT2D eigenvalue weighted by Crippen LogP contribution is 2.29. The molecule has 0 atom stereocenters. The van der Waals surface area contributed by atoms with E-state index in [1.165, 1.54) is 36.1 Å². The van der Waals surface area contributed by atoms with Gasteiger partial charge in [0.2, 0.25) is 0 Å². The molecule has 0 bridgehead atoms. The highest BCUT2D eigenvalue weighted by Gasteiger charge is 2.19. The maximum atomic E-state index is 6.52. The molecule has 0 fully saturated rings. The molecular weight excluding hydrogens is 244 g/mol. The van der Waals surface area contributed by atoms with Crippen molar-refractivity contribution in [2.75, 3.05) is 0 Å². The number of fused-ring (bicyclic) bond motifs is 1. The van der Waals surface area contributed by atoms with E-state index < -0.39 is 0 Å². The fourth-order valence-corrected chi connectivity index (χ4v) is 2.98. The summed E-state index contributed by atoms with van der Waals surface area (Å²) in [6.07, 6.45) is 5.88. The predicted octanol–water partition coefficient (Wildman–Crippen LogP) is 4.10. The lowest BCUT2D eigenvalue weighted by Crippen LogP contribution is -2.00. The molecule has 3 heteroatoms. The van der Waals surface area contributed by atoms with E-state index in [2.05, 4.69) is 19.1 Å². The standard InChI is InChI=1S/C15H17ClN2/c1-11-7-5-6-10-14(11)18-15(16)12-8-3-2-4-9-13(12)17-18/h5-7,10H,2-4,8-9H2,1H3. The highest BCUT2D eigenvalue weighted by atomic mass is 35.5. The molecule has 0 saturated heterocycles. The lowest BCUT2D eigenvalue weighted by molar-refractivity contribution is 0.694. The van der Waals surface area contributed by atoms with Crippen LogP contribution >= 0.6 is 11.6 Å². The van der Waals surface area contributed by atoms with Gasteiger partial charge in [0.1, 0.15) is 5.15 Å². The first kappa shape index (κ1) is 11.8. The molecular formula is C15H17ClN2. The SMILES string of the molecule is Cc1ccccc1-n1nc2c(c1Cl)CCCCC2. The van der Waals surface area contributed by atoms with E-state index in [4.69, 9.17) is 16.7 Å². The Labute approximate surface area is 113 Å². The maximum Gasteiger partial charge on any atom is 0.136 e. The lowest BCUT2D eigenvalue weighted by Gasteiger charge is -2.07. The Kier molecular flexibility index (Phi) is 3.13. The average molecular weight is 261 g/mol. The molecule has 0 aliphatic heterocycles. The van der Waals surface area contributed by atoms with Crippen LogP contribution < -0.4 is 0 Å². The summed E-state index contributed by atoms with van der Waals surface area (Å²) >= 11 is 6.52.